The quantitative estimate of drug-likeness (QED) is 0.759. The Balaban J connectivity index is 1.67. The smallest absolute Gasteiger partial charge is 0.108 e. The average Bonchev–Trinajstić information content (AvgIpc) is 2.94. The minimum atomic E-state index is -0.822. The molecular formula is C23H27N3O. The van der Waals surface area contributed by atoms with Crippen LogP contribution in [0, 0.1) is 6.92 Å². The van der Waals surface area contributed by atoms with Crippen LogP contribution in [0.25, 0.3) is 10.9 Å². The van der Waals surface area contributed by atoms with E-state index in [0.29, 0.717) is 6.54 Å². The van der Waals surface area contributed by atoms with Crippen LogP contribution < -0.4 is 0 Å². The molecule has 0 radical (unpaired) electrons. The third kappa shape index (κ3) is 2.70. The molecular weight excluding hydrogens is 334 g/mol. The SMILES string of the molecule is Cc1ccc2c(c1)c1c(n2CC2(O)CCCc3cnccc32)CN(C)CC1. The number of aromatic nitrogens is 2. The molecule has 140 valence electrons. The fraction of sp³-hybridized carbons (Fsp3) is 0.435. The molecule has 1 aliphatic heterocycles. The maximum absolute atomic E-state index is 11.7. The van der Waals surface area contributed by atoms with E-state index in [1.54, 1.807) is 0 Å². The number of rotatable bonds is 2. The predicted molar refractivity (Wildman–Crippen MR) is 108 cm³/mol. The van der Waals surface area contributed by atoms with E-state index in [2.05, 4.69) is 46.6 Å². The second-order valence-electron chi connectivity index (χ2n) is 8.44. The molecule has 0 amide bonds. The summed E-state index contributed by atoms with van der Waals surface area (Å²) >= 11 is 0. The van der Waals surface area contributed by atoms with Crippen LogP contribution in [0.4, 0.5) is 0 Å². The van der Waals surface area contributed by atoms with Gasteiger partial charge < -0.3 is 14.6 Å². The molecule has 1 unspecified atom stereocenters. The van der Waals surface area contributed by atoms with E-state index in [4.69, 9.17) is 0 Å². The Hall–Kier alpha value is -2.17. The molecule has 4 nitrogen and oxygen atoms in total. The highest BCUT2D eigenvalue weighted by Crippen LogP contribution is 2.39. The van der Waals surface area contributed by atoms with Crippen molar-refractivity contribution in [2.24, 2.45) is 0 Å². The van der Waals surface area contributed by atoms with E-state index in [1.165, 1.54) is 33.3 Å². The first-order valence-corrected chi connectivity index (χ1v) is 10.00. The van der Waals surface area contributed by atoms with Gasteiger partial charge in [-0.3, -0.25) is 4.98 Å². The van der Waals surface area contributed by atoms with Gasteiger partial charge in [-0.15, -0.1) is 0 Å². The number of aryl methyl sites for hydroxylation is 2. The average molecular weight is 361 g/mol. The topological polar surface area (TPSA) is 41.3 Å². The lowest BCUT2D eigenvalue weighted by atomic mass is 9.80. The van der Waals surface area contributed by atoms with Gasteiger partial charge in [0.2, 0.25) is 0 Å². The van der Waals surface area contributed by atoms with Crippen molar-refractivity contribution in [1.29, 1.82) is 0 Å². The summed E-state index contributed by atoms with van der Waals surface area (Å²) in [6.45, 7) is 4.82. The molecule has 0 spiro atoms. The molecule has 5 rings (SSSR count). The fourth-order valence-electron chi connectivity index (χ4n) is 5.08. The maximum Gasteiger partial charge on any atom is 0.108 e. The van der Waals surface area contributed by atoms with Crippen molar-refractivity contribution in [3.05, 3.63) is 64.6 Å². The molecule has 1 N–H and O–H groups in total. The van der Waals surface area contributed by atoms with E-state index >= 15 is 0 Å². The maximum atomic E-state index is 11.7. The summed E-state index contributed by atoms with van der Waals surface area (Å²) in [5.41, 5.74) is 6.85. The lowest BCUT2D eigenvalue weighted by Crippen LogP contribution is -2.37. The van der Waals surface area contributed by atoms with Gasteiger partial charge in [0.15, 0.2) is 0 Å². The van der Waals surface area contributed by atoms with Crippen LogP contribution in [0.15, 0.2) is 36.7 Å². The summed E-state index contributed by atoms with van der Waals surface area (Å²) < 4.78 is 2.40. The monoisotopic (exact) mass is 361 g/mol. The number of pyridine rings is 1. The number of benzene rings is 1. The van der Waals surface area contributed by atoms with E-state index in [0.717, 1.165) is 44.3 Å². The summed E-state index contributed by atoms with van der Waals surface area (Å²) in [5, 5.41) is 13.1. The second-order valence-corrected chi connectivity index (χ2v) is 8.44. The zero-order valence-electron chi connectivity index (χ0n) is 16.2. The lowest BCUT2D eigenvalue weighted by Gasteiger charge is -2.36. The number of hydrogen-bond acceptors (Lipinski definition) is 3. The van der Waals surface area contributed by atoms with E-state index in [-0.39, 0.29) is 0 Å². The Morgan fingerprint density at radius 1 is 1.22 bits per heavy atom. The predicted octanol–water partition coefficient (Wildman–Crippen LogP) is 3.56. The molecule has 1 aromatic carbocycles. The highest BCUT2D eigenvalue weighted by molar-refractivity contribution is 5.86. The standard InChI is InChI=1S/C23H27N3O/c1-16-5-6-21-19(12-16)18-8-11-25(2)14-22(18)26(21)15-23(27)9-3-4-17-13-24-10-7-20(17)23/h5-7,10,12-13,27H,3-4,8-9,11,14-15H2,1-2H3. The number of hydrogen-bond donors (Lipinski definition) is 1. The van der Waals surface area contributed by atoms with Crippen LogP contribution >= 0.6 is 0 Å². The normalized spacial score (nSPS) is 22.6. The number of fused-ring (bicyclic) bond motifs is 4. The van der Waals surface area contributed by atoms with Gasteiger partial charge in [-0.2, -0.15) is 0 Å². The van der Waals surface area contributed by atoms with Crippen LogP contribution in [0.5, 0.6) is 0 Å². The van der Waals surface area contributed by atoms with E-state index in [1.807, 2.05) is 18.5 Å². The summed E-state index contributed by atoms with van der Waals surface area (Å²) in [6, 6.07) is 8.76. The van der Waals surface area contributed by atoms with Crippen LogP contribution in [0.1, 0.15) is 40.8 Å². The summed E-state index contributed by atoms with van der Waals surface area (Å²) in [7, 11) is 2.19. The summed E-state index contributed by atoms with van der Waals surface area (Å²) in [6.07, 6.45) is 7.65. The first-order valence-electron chi connectivity index (χ1n) is 10.00. The first kappa shape index (κ1) is 17.0. The Bertz CT molecular complexity index is 1020. The highest BCUT2D eigenvalue weighted by Gasteiger charge is 2.36. The molecule has 4 heteroatoms. The van der Waals surface area contributed by atoms with Gasteiger partial charge in [0.25, 0.3) is 0 Å². The van der Waals surface area contributed by atoms with Crippen molar-refractivity contribution in [3.8, 4) is 0 Å². The van der Waals surface area contributed by atoms with Gasteiger partial charge in [-0.25, -0.2) is 0 Å². The molecule has 0 saturated carbocycles. The molecule has 2 aliphatic rings. The Morgan fingerprint density at radius 3 is 3.00 bits per heavy atom. The molecule has 2 aromatic heterocycles. The van der Waals surface area contributed by atoms with Crippen LogP contribution in [0.2, 0.25) is 0 Å². The minimum Gasteiger partial charge on any atom is -0.383 e. The van der Waals surface area contributed by atoms with Crippen LogP contribution in [0.3, 0.4) is 0 Å². The van der Waals surface area contributed by atoms with Gasteiger partial charge in [0, 0.05) is 42.1 Å². The van der Waals surface area contributed by atoms with Crippen LogP contribution in [-0.4, -0.2) is 33.1 Å². The number of nitrogens with zero attached hydrogens (tertiary/aromatic N) is 3. The Morgan fingerprint density at radius 2 is 2.11 bits per heavy atom. The number of likely N-dealkylation sites (N-methyl/N-ethyl adjacent to an activating group) is 1. The van der Waals surface area contributed by atoms with Crippen molar-refractivity contribution in [2.75, 3.05) is 13.6 Å². The van der Waals surface area contributed by atoms with Crippen molar-refractivity contribution in [2.45, 2.75) is 51.3 Å². The Labute approximate surface area is 160 Å². The highest BCUT2D eigenvalue weighted by atomic mass is 16.3. The molecule has 1 atom stereocenters. The fourth-order valence-corrected chi connectivity index (χ4v) is 5.08. The van der Waals surface area contributed by atoms with Gasteiger partial charge in [0.1, 0.15) is 5.60 Å². The molecule has 0 saturated heterocycles. The molecule has 0 bridgehead atoms. The van der Waals surface area contributed by atoms with Gasteiger partial charge >= 0.3 is 0 Å². The second kappa shape index (κ2) is 6.18. The van der Waals surface area contributed by atoms with Crippen LogP contribution in [-0.2, 0) is 31.5 Å². The lowest BCUT2D eigenvalue weighted by molar-refractivity contribution is 0.00133. The Kier molecular flexibility index (Phi) is 3.88. The molecule has 3 aromatic rings. The van der Waals surface area contributed by atoms with Gasteiger partial charge in [-0.1, -0.05) is 11.6 Å². The third-order valence-electron chi connectivity index (χ3n) is 6.47. The summed E-state index contributed by atoms with van der Waals surface area (Å²) in [5.74, 6) is 0. The molecule has 0 fully saturated rings. The number of aliphatic hydroxyl groups is 1. The van der Waals surface area contributed by atoms with Crippen molar-refractivity contribution < 1.29 is 5.11 Å². The van der Waals surface area contributed by atoms with Gasteiger partial charge in [-0.05, 0) is 74.5 Å². The summed E-state index contributed by atoms with van der Waals surface area (Å²) in [4.78, 5) is 6.66. The van der Waals surface area contributed by atoms with E-state index < -0.39 is 5.60 Å². The van der Waals surface area contributed by atoms with Crippen molar-refractivity contribution in [1.82, 2.24) is 14.5 Å². The molecule has 3 heterocycles. The van der Waals surface area contributed by atoms with Gasteiger partial charge in [0.05, 0.1) is 6.54 Å². The first-order chi connectivity index (χ1) is 13.0. The van der Waals surface area contributed by atoms with Crippen molar-refractivity contribution in [3.63, 3.8) is 0 Å². The molecule has 27 heavy (non-hydrogen) atoms. The third-order valence-corrected chi connectivity index (χ3v) is 6.47. The largest absolute Gasteiger partial charge is 0.383 e. The van der Waals surface area contributed by atoms with Crippen molar-refractivity contribution >= 4 is 10.9 Å². The zero-order valence-corrected chi connectivity index (χ0v) is 16.2. The van der Waals surface area contributed by atoms with E-state index in [9.17, 15) is 5.11 Å². The molecule has 1 aliphatic carbocycles. The zero-order chi connectivity index (χ0) is 18.6. The minimum absolute atomic E-state index is 0.618.